The van der Waals surface area contributed by atoms with E-state index in [-0.39, 0.29) is 5.69 Å². The van der Waals surface area contributed by atoms with Crippen LogP contribution in [-0.2, 0) is 24.5 Å². The van der Waals surface area contributed by atoms with Crippen molar-refractivity contribution >= 4 is 31.3 Å². The Labute approximate surface area is 163 Å². The molecule has 0 aromatic heterocycles. The third-order valence-corrected chi connectivity index (χ3v) is 8.63. The summed E-state index contributed by atoms with van der Waals surface area (Å²) in [5.74, 6) is -0.518. The summed E-state index contributed by atoms with van der Waals surface area (Å²) in [6.45, 7) is 4.87. The van der Waals surface area contributed by atoms with E-state index in [1.54, 1.807) is 20.8 Å². The maximum Gasteiger partial charge on any atom is 0.499 e. The van der Waals surface area contributed by atoms with Gasteiger partial charge in [-0.3, -0.25) is 4.79 Å². The minimum atomic E-state index is -6.79. The van der Waals surface area contributed by atoms with Gasteiger partial charge in [0.2, 0.25) is 10.5 Å². The van der Waals surface area contributed by atoms with E-state index < -0.39 is 52.2 Å². The lowest BCUT2D eigenvalue weighted by Gasteiger charge is -2.23. The van der Waals surface area contributed by atoms with E-state index in [0.717, 1.165) is 12.1 Å². The first-order chi connectivity index (χ1) is 12.8. The normalized spacial score (nSPS) is 14.1. The van der Waals surface area contributed by atoms with E-state index in [1.165, 1.54) is 0 Å². The second-order valence-electron chi connectivity index (χ2n) is 6.63. The molecule has 14 heteroatoms. The molecule has 0 radical (unpaired) electrons. The molecule has 1 N–H and O–H groups in total. The lowest BCUT2D eigenvalue weighted by molar-refractivity contribution is -0.124. The van der Waals surface area contributed by atoms with Gasteiger partial charge >= 0.3 is 11.0 Å². The molecular weight excluding hydrogens is 452 g/mol. The number of carbonyl (C=O) groups excluding carboxylic acids is 1. The summed E-state index contributed by atoms with van der Waals surface area (Å²) < 4.78 is 119. The van der Waals surface area contributed by atoms with Crippen molar-refractivity contribution in [3.8, 4) is 0 Å². The first-order valence-corrected chi connectivity index (χ1v) is 10.9. The molecule has 0 unspecified atom stereocenters. The van der Waals surface area contributed by atoms with Crippen LogP contribution >= 0.6 is 0 Å². The zero-order valence-corrected chi connectivity index (χ0v) is 16.9. The monoisotopic (exact) mass is 469 g/mol. The number of hydrogen-bond acceptors (Lipinski definition) is 5. The highest BCUT2D eigenvalue weighted by Gasteiger charge is 2.63. The Morgan fingerprint density at radius 1 is 0.897 bits per heavy atom. The molecule has 0 saturated heterocycles. The van der Waals surface area contributed by atoms with Gasteiger partial charge in [0.1, 0.15) is 0 Å². The van der Waals surface area contributed by atoms with Crippen LogP contribution < -0.4 is 5.32 Å². The molecule has 0 aliphatic rings. The molecule has 29 heavy (non-hydrogen) atoms. The van der Waals surface area contributed by atoms with Crippen LogP contribution in [0.15, 0.2) is 24.3 Å². The molecule has 0 fully saturated rings. The van der Waals surface area contributed by atoms with Crippen LogP contribution in [-0.4, -0.2) is 33.8 Å². The van der Waals surface area contributed by atoms with Gasteiger partial charge in [-0.1, -0.05) is 32.9 Å². The van der Waals surface area contributed by atoms with Crippen LogP contribution in [0.25, 0.3) is 0 Å². The first kappa shape index (κ1) is 25.2. The number of hydrogen-bond donors (Lipinski definition) is 1. The number of amides is 1. The number of nitrogens with one attached hydrogen (secondary N) is 1. The summed E-state index contributed by atoms with van der Waals surface area (Å²) >= 11 is 0. The molecule has 0 heterocycles. The average Bonchev–Trinajstić information content (AvgIpc) is 2.54. The molecule has 166 valence electrons. The topological polar surface area (TPSA) is 97.4 Å². The summed E-state index contributed by atoms with van der Waals surface area (Å²) in [7, 11) is -13.6. The highest BCUT2D eigenvalue weighted by molar-refractivity contribution is 8.09. The summed E-state index contributed by atoms with van der Waals surface area (Å²) in [5.41, 5.74) is -14.7. The van der Waals surface area contributed by atoms with Crippen LogP contribution in [0, 0.1) is 5.41 Å². The highest BCUT2D eigenvalue weighted by atomic mass is 32.3. The predicted molar refractivity (Wildman–Crippen MR) is 91.8 cm³/mol. The van der Waals surface area contributed by atoms with Crippen LogP contribution in [0.5, 0.6) is 0 Å². The molecular formula is C15H17F6NO5S2. The number of halogens is 6. The molecule has 0 aliphatic carbocycles. The molecule has 6 nitrogen and oxygen atoms in total. The molecule has 0 spiro atoms. The molecule has 1 rings (SSSR count). The first-order valence-electron chi connectivity index (χ1n) is 7.81. The third kappa shape index (κ3) is 5.02. The van der Waals surface area contributed by atoms with Gasteiger partial charge in [0, 0.05) is 11.1 Å². The van der Waals surface area contributed by atoms with Gasteiger partial charge in [0.15, 0.2) is 0 Å². The largest absolute Gasteiger partial charge is 0.499 e. The van der Waals surface area contributed by atoms with Crippen LogP contribution in [0.4, 0.5) is 32.0 Å². The van der Waals surface area contributed by atoms with E-state index in [9.17, 15) is 48.0 Å². The molecule has 0 saturated carbocycles. The van der Waals surface area contributed by atoms with E-state index in [4.69, 9.17) is 0 Å². The van der Waals surface area contributed by atoms with Crippen molar-refractivity contribution in [1.82, 2.24) is 0 Å². The molecule has 1 amide bonds. The van der Waals surface area contributed by atoms with Gasteiger partial charge in [-0.05, 0) is 24.1 Å². The minimum Gasteiger partial charge on any atom is -0.326 e. The summed E-state index contributed by atoms with van der Waals surface area (Å²) in [6.07, 6.45) is 0.409. The van der Waals surface area contributed by atoms with Crippen molar-refractivity contribution in [2.75, 3.05) is 5.32 Å². The Bertz CT molecular complexity index is 920. The average molecular weight is 469 g/mol. The zero-order valence-electron chi connectivity index (χ0n) is 15.2. The van der Waals surface area contributed by atoms with E-state index in [1.807, 2.05) is 0 Å². The maximum absolute atomic E-state index is 12.8. The van der Waals surface area contributed by atoms with Crippen LogP contribution in [0.2, 0.25) is 0 Å². The SMILES string of the molecule is CCC(C)(C)C(=O)Nc1ccc(C(S(=O)(=O)C(F)(F)F)S(=O)(=O)C(F)(F)F)cc1. The highest BCUT2D eigenvalue weighted by Crippen LogP contribution is 2.44. The second kappa shape index (κ2) is 7.78. The fraction of sp³-hybridized carbons (Fsp3) is 0.533. The quantitative estimate of drug-likeness (QED) is 0.637. The van der Waals surface area contributed by atoms with Crippen LogP contribution in [0.3, 0.4) is 0 Å². The van der Waals surface area contributed by atoms with E-state index >= 15 is 0 Å². The fourth-order valence-corrected chi connectivity index (χ4v) is 5.46. The lowest BCUT2D eigenvalue weighted by atomic mass is 9.89. The Kier molecular flexibility index (Phi) is 6.76. The lowest BCUT2D eigenvalue weighted by Crippen LogP contribution is -2.39. The number of carbonyl (C=O) groups is 1. The Morgan fingerprint density at radius 2 is 1.28 bits per heavy atom. The molecule has 0 atom stereocenters. The predicted octanol–water partition coefficient (Wildman–Crippen LogP) is 3.93. The van der Waals surface area contributed by atoms with Crippen molar-refractivity contribution in [3.05, 3.63) is 29.8 Å². The number of anilines is 1. The molecule has 1 aromatic carbocycles. The third-order valence-electron chi connectivity index (χ3n) is 4.15. The van der Waals surface area contributed by atoms with Gasteiger partial charge < -0.3 is 5.32 Å². The van der Waals surface area contributed by atoms with Gasteiger partial charge in [0.25, 0.3) is 19.7 Å². The van der Waals surface area contributed by atoms with E-state index in [0.29, 0.717) is 18.6 Å². The van der Waals surface area contributed by atoms with Gasteiger partial charge in [-0.2, -0.15) is 26.3 Å². The Morgan fingerprint density at radius 3 is 1.59 bits per heavy atom. The van der Waals surface area contributed by atoms with Gasteiger partial charge in [0.05, 0.1) is 0 Å². The standard InChI is InChI=1S/C15H17F6NO5S2/c1-4-13(2,3)12(23)22-10-7-5-9(6-8-10)11(28(24,25)14(16,17)18)29(26,27)15(19,20)21/h5-8,11H,4H2,1-3H3,(H,22,23). The van der Waals surface area contributed by atoms with Crippen molar-refractivity contribution in [2.24, 2.45) is 5.41 Å². The molecule has 0 bridgehead atoms. The number of rotatable bonds is 6. The zero-order chi connectivity index (χ0) is 23.1. The number of sulfone groups is 2. The molecule has 0 aliphatic heterocycles. The maximum atomic E-state index is 12.8. The van der Waals surface area contributed by atoms with Gasteiger partial charge in [-0.25, -0.2) is 16.8 Å². The second-order valence-corrected chi connectivity index (χ2v) is 11.0. The Balaban J connectivity index is 3.49. The van der Waals surface area contributed by atoms with E-state index in [2.05, 4.69) is 5.32 Å². The molecule has 1 aromatic rings. The smallest absolute Gasteiger partial charge is 0.326 e. The van der Waals surface area contributed by atoms with Crippen molar-refractivity contribution in [3.63, 3.8) is 0 Å². The van der Waals surface area contributed by atoms with Gasteiger partial charge in [-0.15, -0.1) is 0 Å². The van der Waals surface area contributed by atoms with Crippen molar-refractivity contribution in [2.45, 2.75) is 42.8 Å². The van der Waals surface area contributed by atoms with Crippen molar-refractivity contribution in [1.29, 1.82) is 0 Å². The van der Waals surface area contributed by atoms with Crippen molar-refractivity contribution < 1.29 is 48.0 Å². The minimum absolute atomic E-state index is 0.0761. The summed E-state index contributed by atoms with van der Waals surface area (Å²) in [5, 5.41) is 2.35. The number of benzene rings is 1. The summed E-state index contributed by atoms with van der Waals surface area (Å²) in [6, 6.07) is 2.55. The summed E-state index contributed by atoms with van der Waals surface area (Å²) in [4.78, 5) is 12.1. The number of alkyl halides is 6. The Hall–Kier alpha value is -1.83. The van der Waals surface area contributed by atoms with Crippen LogP contribution in [0.1, 0.15) is 37.3 Å². The fourth-order valence-electron chi connectivity index (χ4n) is 1.95.